The summed E-state index contributed by atoms with van der Waals surface area (Å²) in [5.74, 6) is 1.19. The first-order valence-corrected chi connectivity index (χ1v) is 6.99. The quantitative estimate of drug-likeness (QED) is 0.751. The topological polar surface area (TPSA) is 64.2 Å². The van der Waals surface area contributed by atoms with E-state index in [0.29, 0.717) is 23.3 Å². The number of benzene rings is 1. The van der Waals surface area contributed by atoms with Crippen molar-refractivity contribution in [3.8, 4) is 11.5 Å². The van der Waals surface area contributed by atoms with Crippen LogP contribution in [0.5, 0.6) is 11.5 Å². The number of aromatic amines is 1. The number of rotatable bonds is 4. The summed E-state index contributed by atoms with van der Waals surface area (Å²) in [4.78, 5) is 18.7. The van der Waals surface area contributed by atoms with E-state index in [0.717, 1.165) is 11.3 Å². The molecule has 22 heavy (non-hydrogen) atoms. The molecule has 0 aliphatic rings. The molecule has 0 unspecified atom stereocenters. The highest BCUT2D eigenvalue weighted by Crippen LogP contribution is 2.25. The van der Waals surface area contributed by atoms with E-state index in [-0.39, 0.29) is 10.7 Å². The van der Waals surface area contributed by atoms with Crippen LogP contribution < -0.4 is 15.0 Å². The third-order valence-corrected chi connectivity index (χ3v) is 3.41. The summed E-state index contributed by atoms with van der Waals surface area (Å²) < 4.78 is 10.9. The molecule has 6 heteroatoms. The van der Waals surface area contributed by atoms with Crippen LogP contribution in [0, 0.1) is 0 Å². The lowest BCUT2D eigenvalue weighted by atomic mass is 10.2. The van der Waals surface area contributed by atoms with Gasteiger partial charge in [-0.2, -0.15) is 0 Å². The number of H-pyrrole nitrogens is 1. The Morgan fingerprint density at radius 2 is 2.00 bits per heavy atom. The second-order valence-electron chi connectivity index (χ2n) is 4.65. The normalized spacial score (nSPS) is 10.6. The molecule has 0 bridgehead atoms. The first-order valence-electron chi connectivity index (χ1n) is 6.61. The predicted octanol–water partition coefficient (Wildman–Crippen LogP) is 3.16. The van der Waals surface area contributed by atoms with E-state index in [1.165, 1.54) is 6.20 Å². The SMILES string of the molecule is COc1ccc(COc2cc(Cl)nc3cc[nH]c(=O)c23)cc1. The third-order valence-electron chi connectivity index (χ3n) is 3.22. The zero-order chi connectivity index (χ0) is 15.5. The van der Waals surface area contributed by atoms with E-state index in [9.17, 15) is 4.79 Å². The molecule has 1 N–H and O–H groups in total. The number of pyridine rings is 2. The van der Waals surface area contributed by atoms with Gasteiger partial charge in [-0.1, -0.05) is 23.7 Å². The molecule has 0 saturated heterocycles. The van der Waals surface area contributed by atoms with Gasteiger partial charge in [-0.3, -0.25) is 4.79 Å². The van der Waals surface area contributed by atoms with Crippen molar-refractivity contribution >= 4 is 22.5 Å². The van der Waals surface area contributed by atoms with Gasteiger partial charge in [0.2, 0.25) is 0 Å². The van der Waals surface area contributed by atoms with Crippen LogP contribution in [0.1, 0.15) is 5.56 Å². The number of hydrogen-bond acceptors (Lipinski definition) is 4. The molecule has 0 radical (unpaired) electrons. The molecule has 3 rings (SSSR count). The standard InChI is InChI=1S/C16H13ClN2O3/c1-21-11-4-2-10(3-5-11)9-22-13-8-14(17)19-12-6-7-18-16(20)15(12)13/h2-8H,9H2,1H3,(H,18,20). The highest BCUT2D eigenvalue weighted by atomic mass is 35.5. The van der Waals surface area contributed by atoms with Crippen LogP contribution in [0.4, 0.5) is 0 Å². The maximum atomic E-state index is 12.0. The summed E-state index contributed by atoms with van der Waals surface area (Å²) in [6.07, 6.45) is 1.53. The fourth-order valence-corrected chi connectivity index (χ4v) is 2.31. The van der Waals surface area contributed by atoms with Crippen molar-refractivity contribution in [2.75, 3.05) is 7.11 Å². The second kappa shape index (κ2) is 6.07. The van der Waals surface area contributed by atoms with Crippen molar-refractivity contribution in [3.63, 3.8) is 0 Å². The van der Waals surface area contributed by atoms with Crippen LogP contribution in [-0.2, 0) is 6.61 Å². The Bertz CT molecular complexity index is 859. The van der Waals surface area contributed by atoms with E-state index >= 15 is 0 Å². The molecule has 3 aromatic rings. The van der Waals surface area contributed by atoms with Gasteiger partial charge in [0.25, 0.3) is 5.56 Å². The number of methoxy groups -OCH3 is 1. The zero-order valence-corrected chi connectivity index (χ0v) is 12.6. The number of ether oxygens (including phenoxy) is 2. The third kappa shape index (κ3) is 2.89. The van der Waals surface area contributed by atoms with Gasteiger partial charge >= 0.3 is 0 Å². The van der Waals surface area contributed by atoms with Crippen LogP contribution in [-0.4, -0.2) is 17.1 Å². The molecule has 0 amide bonds. The lowest BCUT2D eigenvalue weighted by Crippen LogP contribution is -2.08. The molecule has 1 aromatic carbocycles. The van der Waals surface area contributed by atoms with Gasteiger partial charge in [0.05, 0.1) is 12.6 Å². The Morgan fingerprint density at radius 3 is 2.73 bits per heavy atom. The Morgan fingerprint density at radius 1 is 1.23 bits per heavy atom. The van der Waals surface area contributed by atoms with Crippen LogP contribution in [0.25, 0.3) is 10.9 Å². The molecule has 0 spiro atoms. The van der Waals surface area contributed by atoms with Gasteiger partial charge < -0.3 is 14.5 Å². The molecule has 5 nitrogen and oxygen atoms in total. The lowest BCUT2D eigenvalue weighted by molar-refractivity contribution is 0.309. The Labute approximate surface area is 131 Å². The minimum Gasteiger partial charge on any atom is -0.497 e. The summed E-state index contributed by atoms with van der Waals surface area (Å²) in [5, 5.41) is 0.670. The average Bonchev–Trinajstić information content (AvgIpc) is 2.53. The summed E-state index contributed by atoms with van der Waals surface area (Å²) in [5.41, 5.74) is 1.20. The molecule has 2 heterocycles. The largest absolute Gasteiger partial charge is 0.497 e. The smallest absolute Gasteiger partial charge is 0.261 e. The average molecular weight is 317 g/mol. The van der Waals surface area contributed by atoms with E-state index in [2.05, 4.69) is 9.97 Å². The fraction of sp³-hybridized carbons (Fsp3) is 0.125. The van der Waals surface area contributed by atoms with Crippen molar-refractivity contribution in [1.82, 2.24) is 9.97 Å². The molecule has 0 fully saturated rings. The van der Waals surface area contributed by atoms with Crippen molar-refractivity contribution in [2.24, 2.45) is 0 Å². The van der Waals surface area contributed by atoms with Gasteiger partial charge in [-0.05, 0) is 23.8 Å². The van der Waals surface area contributed by atoms with Crippen LogP contribution >= 0.6 is 11.6 Å². The first kappa shape index (κ1) is 14.4. The lowest BCUT2D eigenvalue weighted by Gasteiger charge is -2.09. The molecule has 0 aliphatic carbocycles. The number of aromatic nitrogens is 2. The van der Waals surface area contributed by atoms with Crippen molar-refractivity contribution in [2.45, 2.75) is 6.61 Å². The highest BCUT2D eigenvalue weighted by Gasteiger charge is 2.10. The van der Waals surface area contributed by atoms with Crippen molar-refractivity contribution in [3.05, 3.63) is 63.7 Å². The number of halogens is 1. The molecular formula is C16H13ClN2O3. The minimum absolute atomic E-state index is 0.258. The van der Waals surface area contributed by atoms with Crippen molar-refractivity contribution in [1.29, 1.82) is 0 Å². The molecule has 2 aromatic heterocycles. The maximum absolute atomic E-state index is 12.0. The van der Waals surface area contributed by atoms with E-state index in [4.69, 9.17) is 21.1 Å². The Kier molecular flexibility index (Phi) is 3.98. The van der Waals surface area contributed by atoms with Gasteiger partial charge in [0.1, 0.15) is 28.6 Å². The van der Waals surface area contributed by atoms with Crippen molar-refractivity contribution < 1.29 is 9.47 Å². The summed E-state index contributed by atoms with van der Waals surface area (Å²) in [6, 6.07) is 10.7. The zero-order valence-electron chi connectivity index (χ0n) is 11.8. The van der Waals surface area contributed by atoms with Gasteiger partial charge in [-0.15, -0.1) is 0 Å². The van der Waals surface area contributed by atoms with Crippen LogP contribution in [0.2, 0.25) is 5.15 Å². The number of fused-ring (bicyclic) bond motifs is 1. The number of nitrogens with zero attached hydrogens (tertiary/aromatic N) is 1. The van der Waals surface area contributed by atoms with Gasteiger partial charge in [-0.25, -0.2) is 4.98 Å². The Balaban J connectivity index is 1.91. The highest BCUT2D eigenvalue weighted by molar-refractivity contribution is 6.30. The summed E-state index contributed by atoms with van der Waals surface area (Å²) in [6.45, 7) is 0.313. The summed E-state index contributed by atoms with van der Waals surface area (Å²) >= 11 is 5.98. The second-order valence-corrected chi connectivity index (χ2v) is 5.03. The molecule has 0 saturated carbocycles. The van der Waals surface area contributed by atoms with E-state index in [1.807, 2.05) is 24.3 Å². The maximum Gasteiger partial charge on any atom is 0.261 e. The monoisotopic (exact) mass is 316 g/mol. The summed E-state index contributed by atoms with van der Waals surface area (Å²) in [7, 11) is 1.61. The Hall–Kier alpha value is -2.53. The fourth-order valence-electron chi connectivity index (χ4n) is 2.12. The van der Waals surface area contributed by atoms with E-state index in [1.54, 1.807) is 19.2 Å². The first-order chi connectivity index (χ1) is 10.7. The van der Waals surface area contributed by atoms with E-state index < -0.39 is 0 Å². The molecule has 0 atom stereocenters. The molecule has 112 valence electrons. The van der Waals surface area contributed by atoms with Gasteiger partial charge in [0, 0.05) is 12.3 Å². The molecule has 0 aliphatic heterocycles. The van der Waals surface area contributed by atoms with Gasteiger partial charge in [0.15, 0.2) is 0 Å². The van der Waals surface area contributed by atoms with Crippen LogP contribution in [0.15, 0.2) is 47.4 Å². The predicted molar refractivity (Wildman–Crippen MR) is 84.7 cm³/mol. The van der Waals surface area contributed by atoms with Crippen LogP contribution in [0.3, 0.4) is 0 Å². The number of hydrogen-bond donors (Lipinski definition) is 1. The number of nitrogens with one attached hydrogen (secondary N) is 1. The minimum atomic E-state index is -0.258. The molecular weight excluding hydrogens is 304 g/mol.